The average Bonchev–Trinajstić information content (AvgIpc) is 2.40. The Morgan fingerprint density at radius 1 is 1.58 bits per heavy atom. The number of nitrogens with zero attached hydrogens (tertiary/aromatic N) is 1. The second-order valence-electron chi connectivity index (χ2n) is 4.34. The van der Waals surface area contributed by atoms with Crippen molar-refractivity contribution in [2.75, 3.05) is 13.1 Å². The van der Waals surface area contributed by atoms with Crippen LogP contribution in [0.4, 0.5) is 4.39 Å². The summed E-state index contributed by atoms with van der Waals surface area (Å²) in [7, 11) is 0. The van der Waals surface area contributed by atoms with Crippen molar-refractivity contribution in [3.63, 3.8) is 0 Å². The predicted octanol–water partition coefficient (Wildman–Crippen LogP) is 1.83. The number of carbonyl (C=O) groups excluding carboxylic acids is 2. The highest BCUT2D eigenvalue weighted by Crippen LogP contribution is 2.19. The van der Waals surface area contributed by atoms with E-state index in [4.69, 9.17) is 11.6 Å². The fraction of sp³-hybridized carbons (Fsp3) is 0.385. The van der Waals surface area contributed by atoms with Crippen molar-refractivity contribution in [3.8, 4) is 0 Å². The Labute approximate surface area is 115 Å². The molecule has 2 rings (SSSR count). The number of amides is 2. The molecular formula is C13H14ClFN2O2. The Balaban J connectivity index is 2.26. The van der Waals surface area contributed by atoms with Crippen LogP contribution in [0, 0.1) is 5.82 Å². The van der Waals surface area contributed by atoms with Gasteiger partial charge in [0.25, 0.3) is 5.91 Å². The highest BCUT2D eigenvalue weighted by Gasteiger charge is 2.32. The van der Waals surface area contributed by atoms with Crippen LogP contribution in [0.1, 0.15) is 23.7 Å². The standard InChI is InChI=1S/C13H14ClFN2O2/c1-2-11-12(18)16-5-6-17(11)13(19)8-3-4-9(14)10(15)7-8/h3-4,7,11H,2,5-6H2,1H3,(H,16,18). The van der Waals surface area contributed by atoms with Gasteiger partial charge in [-0.3, -0.25) is 9.59 Å². The zero-order valence-corrected chi connectivity index (χ0v) is 11.2. The van der Waals surface area contributed by atoms with Crippen molar-refractivity contribution in [3.05, 3.63) is 34.6 Å². The van der Waals surface area contributed by atoms with Crippen LogP contribution in [0.3, 0.4) is 0 Å². The number of rotatable bonds is 2. The number of benzene rings is 1. The summed E-state index contributed by atoms with van der Waals surface area (Å²) in [5, 5.41) is 2.68. The van der Waals surface area contributed by atoms with Gasteiger partial charge >= 0.3 is 0 Å². The molecule has 2 amide bonds. The second kappa shape index (κ2) is 5.57. The van der Waals surface area contributed by atoms with E-state index in [1.54, 1.807) is 0 Å². The fourth-order valence-electron chi connectivity index (χ4n) is 2.16. The zero-order valence-electron chi connectivity index (χ0n) is 10.5. The molecule has 0 spiro atoms. The van der Waals surface area contributed by atoms with Crippen LogP contribution in [0.25, 0.3) is 0 Å². The molecule has 0 radical (unpaired) electrons. The molecule has 1 saturated heterocycles. The summed E-state index contributed by atoms with van der Waals surface area (Å²) in [6.07, 6.45) is 0.521. The van der Waals surface area contributed by atoms with E-state index >= 15 is 0 Å². The third-order valence-corrected chi connectivity index (χ3v) is 3.45. The Hall–Kier alpha value is -1.62. The van der Waals surface area contributed by atoms with Crippen molar-refractivity contribution in [2.24, 2.45) is 0 Å². The third-order valence-electron chi connectivity index (χ3n) is 3.14. The van der Waals surface area contributed by atoms with E-state index < -0.39 is 11.9 Å². The minimum Gasteiger partial charge on any atom is -0.353 e. The second-order valence-corrected chi connectivity index (χ2v) is 4.75. The van der Waals surface area contributed by atoms with E-state index in [2.05, 4.69) is 5.32 Å². The summed E-state index contributed by atoms with van der Waals surface area (Å²) in [4.78, 5) is 25.5. The summed E-state index contributed by atoms with van der Waals surface area (Å²) in [5.41, 5.74) is 0.204. The minimum atomic E-state index is -0.637. The van der Waals surface area contributed by atoms with Crippen LogP contribution in [0.5, 0.6) is 0 Å². The molecule has 1 heterocycles. The number of hydrogen-bond donors (Lipinski definition) is 1. The summed E-state index contributed by atoms with van der Waals surface area (Å²) < 4.78 is 13.4. The van der Waals surface area contributed by atoms with Crippen molar-refractivity contribution in [1.29, 1.82) is 0 Å². The van der Waals surface area contributed by atoms with Gasteiger partial charge in [-0.2, -0.15) is 0 Å². The molecule has 1 N–H and O–H groups in total. The Morgan fingerprint density at radius 2 is 2.32 bits per heavy atom. The van der Waals surface area contributed by atoms with E-state index in [0.717, 1.165) is 6.07 Å². The molecule has 1 aromatic rings. The van der Waals surface area contributed by atoms with E-state index in [9.17, 15) is 14.0 Å². The highest BCUT2D eigenvalue weighted by atomic mass is 35.5. The monoisotopic (exact) mass is 284 g/mol. The molecule has 0 aliphatic carbocycles. The largest absolute Gasteiger partial charge is 0.353 e. The van der Waals surface area contributed by atoms with E-state index in [1.807, 2.05) is 6.92 Å². The maximum Gasteiger partial charge on any atom is 0.254 e. The number of carbonyl (C=O) groups is 2. The van der Waals surface area contributed by atoms with Crippen molar-refractivity contribution in [1.82, 2.24) is 10.2 Å². The normalized spacial score (nSPS) is 19.2. The van der Waals surface area contributed by atoms with Crippen LogP contribution >= 0.6 is 11.6 Å². The van der Waals surface area contributed by atoms with Crippen LogP contribution in [0.15, 0.2) is 18.2 Å². The van der Waals surface area contributed by atoms with Crippen LogP contribution in [-0.2, 0) is 4.79 Å². The highest BCUT2D eigenvalue weighted by molar-refractivity contribution is 6.30. The van der Waals surface area contributed by atoms with E-state index in [-0.39, 0.29) is 22.4 Å². The molecule has 6 heteroatoms. The molecule has 0 saturated carbocycles. The molecule has 1 aliphatic heterocycles. The maximum atomic E-state index is 13.4. The SMILES string of the molecule is CCC1C(=O)NCCN1C(=O)c1ccc(Cl)c(F)c1. The number of piperazine rings is 1. The first kappa shape index (κ1) is 13.8. The lowest BCUT2D eigenvalue weighted by Crippen LogP contribution is -2.56. The summed E-state index contributed by atoms with van der Waals surface area (Å²) >= 11 is 5.59. The predicted molar refractivity (Wildman–Crippen MR) is 69.5 cm³/mol. The van der Waals surface area contributed by atoms with Crippen LogP contribution in [-0.4, -0.2) is 35.8 Å². The van der Waals surface area contributed by atoms with Crippen molar-refractivity contribution >= 4 is 23.4 Å². The van der Waals surface area contributed by atoms with Gasteiger partial charge in [-0.15, -0.1) is 0 Å². The molecular weight excluding hydrogens is 271 g/mol. The van der Waals surface area contributed by atoms with Gasteiger partial charge in [0, 0.05) is 18.7 Å². The number of hydrogen-bond acceptors (Lipinski definition) is 2. The van der Waals surface area contributed by atoms with Gasteiger partial charge in [0.1, 0.15) is 11.9 Å². The van der Waals surface area contributed by atoms with Gasteiger partial charge in [0.2, 0.25) is 5.91 Å². The summed E-state index contributed by atoms with van der Waals surface area (Å²) in [6, 6.07) is 3.41. The third kappa shape index (κ3) is 2.71. The van der Waals surface area contributed by atoms with Gasteiger partial charge in [0.05, 0.1) is 5.02 Å². The molecule has 1 aromatic carbocycles. The first-order valence-corrected chi connectivity index (χ1v) is 6.46. The molecule has 102 valence electrons. The Kier molecular flexibility index (Phi) is 4.04. The van der Waals surface area contributed by atoms with Crippen LogP contribution < -0.4 is 5.32 Å². The molecule has 4 nitrogen and oxygen atoms in total. The summed E-state index contributed by atoms with van der Waals surface area (Å²) in [5.74, 6) is -1.16. The first-order chi connectivity index (χ1) is 9.04. The average molecular weight is 285 g/mol. The first-order valence-electron chi connectivity index (χ1n) is 6.08. The molecule has 1 unspecified atom stereocenters. The number of halogens is 2. The quantitative estimate of drug-likeness (QED) is 0.901. The lowest BCUT2D eigenvalue weighted by Gasteiger charge is -2.34. The molecule has 0 bridgehead atoms. The lowest BCUT2D eigenvalue weighted by atomic mass is 10.1. The minimum absolute atomic E-state index is 0.0278. The number of nitrogens with one attached hydrogen (secondary N) is 1. The Bertz CT molecular complexity index is 521. The molecule has 19 heavy (non-hydrogen) atoms. The van der Waals surface area contributed by atoms with Crippen molar-refractivity contribution in [2.45, 2.75) is 19.4 Å². The fourth-order valence-corrected chi connectivity index (χ4v) is 2.28. The Morgan fingerprint density at radius 3 is 2.95 bits per heavy atom. The van der Waals surface area contributed by atoms with Crippen LogP contribution in [0.2, 0.25) is 5.02 Å². The van der Waals surface area contributed by atoms with E-state index in [0.29, 0.717) is 19.5 Å². The zero-order chi connectivity index (χ0) is 14.0. The van der Waals surface area contributed by atoms with E-state index in [1.165, 1.54) is 17.0 Å². The molecule has 1 fully saturated rings. The smallest absolute Gasteiger partial charge is 0.254 e. The molecule has 1 atom stereocenters. The van der Waals surface area contributed by atoms with Gasteiger partial charge in [-0.05, 0) is 24.6 Å². The van der Waals surface area contributed by atoms with Gasteiger partial charge in [-0.1, -0.05) is 18.5 Å². The van der Waals surface area contributed by atoms with Gasteiger partial charge in [0.15, 0.2) is 0 Å². The lowest BCUT2D eigenvalue weighted by molar-refractivity contribution is -0.127. The summed E-state index contributed by atoms with van der Waals surface area (Å²) in [6.45, 7) is 2.67. The molecule has 0 aromatic heterocycles. The topological polar surface area (TPSA) is 49.4 Å². The maximum absolute atomic E-state index is 13.4. The molecule has 1 aliphatic rings. The van der Waals surface area contributed by atoms with Gasteiger partial charge < -0.3 is 10.2 Å². The van der Waals surface area contributed by atoms with Gasteiger partial charge in [-0.25, -0.2) is 4.39 Å². The van der Waals surface area contributed by atoms with Crippen molar-refractivity contribution < 1.29 is 14.0 Å².